The molecular weight excluding hydrogens is 368 g/mol. The van der Waals surface area contributed by atoms with Crippen LogP contribution in [0.5, 0.6) is 0 Å². The Morgan fingerprint density at radius 2 is 1.31 bits per heavy atom. The number of carbonyl (C=O) groups is 2. The summed E-state index contributed by atoms with van der Waals surface area (Å²) in [6, 6.07) is 9.15. The second-order valence-corrected chi connectivity index (χ2v) is 6.53. The number of aryl methyl sites for hydroxylation is 2. The first-order valence-corrected chi connectivity index (χ1v) is 9.84. The predicted octanol–water partition coefficient (Wildman–Crippen LogP) is 3.90. The standard InChI is InChI=1S/C10H18N4O.C8H10.C2H6.2CH2O/c1-8(2)9-11-10(15-12-9)14-6-4-13(3)5-7-14;1-7-3-5-8(2)6-4-7;3*1-2/h8H,4-7H2,1-3H3;3-6H,1-2H3;1-2H3;2*1H2. The summed E-state index contributed by atoms with van der Waals surface area (Å²) in [5, 5.41) is 3.97. The summed E-state index contributed by atoms with van der Waals surface area (Å²) in [4.78, 5) is 24.8. The highest BCUT2D eigenvalue weighted by molar-refractivity contribution is 5.26. The van der Waals surface area contributed by atoms with Gasteiger partial charge in [-0.05, 0) is 20.9 Å². The largest absolute Gasteiger partial charge is 0.324 e. The third-order valence-corrected chi connectivity index (χ3v) is 3.94. The van der Waals surface area contributed by atoms with Crippen molar-refractivity contribution in [3.8, 4) is 0 Å². The highest BCUT2D eigenvalue weighted by Gasteiger charge is 2.20. The number of hydrogen-bond acceptors (Lipinski definition) is 7. The van der Waals surface area contributed by atoms with Gasteiger partial charge in [0.05, 0.1) is 0 Å². The van der Waals surface area contributed by atoms with Crippen molar-refractivity contribution in [3.63, 3.8) is 0 Å². The van der Waals surface area contributed by atoms with Gasteiger partial charge in [-0.25, -0.2) is 0 Å². The molecule has 1 saturated heterocycles. The quantitative estimate of drug-likeness (QED) is 0.748. The fraction of sp³-hybridized carbons (Fsp3) is 0.545. The summed E-state index contributed by atoms with van der Waals surface area (Å²) in [6.07, 6.45) is 0. The van der Waals surface area contributed by atoms with E-state index in [1.54, 1.807) is 0 Å². The summed E-state index contributed by atoms with van der Waals surface area (Å²) in [7, 11) is 2.13. The Morgan fingerprint density at radius 3 is 1.66 bits per heavy atom. The normalized spacial score (nSPS) is 12.8. The molecule has 0 atom stereocenters. The topological polar surface area (TPSA) is 79.5 Å². The summed E-state index contributed by atoms with van der Waals surface area (Å²) < 4.78 is 5.25. The Labute approximate surface area is 176 Å². The highest BCUT2D eigenvalue weighted by atomic mass is 16.5. The number of carbonyl (C=O) groups excluding carboxylic acids is 2. The van der Waals surface area contributed by atoms with Crippen LogP contribution < -0.4 is 4.90 Å². The Kier molecular flexibility index (Phi) is 17.4. The van der Waals surface area contributed by atoms with Gasteiger partial charge in [0.1, 0.15) is 13.6 Å². The van der Waals surface area contributed by atoms with E-state index in [1.165, 1.54) is 11.1 Å². The third kappa shape index (κ3) is 11.8. The van der Waals surface area contributed by atoms with Gasteiger partial charge in [0, 0.05) is 32.1 Å². The van der Waals surface area contributed by atoms with Crippen LogP contribution in [-0.4, -0.2) is 61.8 Å². The Morgan fingerprint density at radius 1 is 0.897 bits per heavy atom. The minimum absolute atomic E-state index is 0.329. The van der Waals surface area contributed by atoms with E-state index in [1.807, 2.05) is 27.4 Å². The van der Waals surface area contributed by atoms with Crippen LogP contribution in [0.15, 0.2) is 28.8 Å². The summed E-state index contributed by atoms with van der Waals surface area (Å²) in [5.74, 6) is 1.12. The number of piperazine rings is 1. The van der Waals surface area contributed by atoms with E-state index in [0.717, 1.165) is 32.0 Å². The molecule has 1 aliphatic rings. The maximum absolute atomic E-state index is 8.00. The lowest BCUT2D eigenvalue weighted by Crippen LogP contribution is -2.44. The lowest BCUT2D eigenvalue weighted by atomic mass is 10.2. The molecule has 1 aliphatic heterocycles. The van der Waals surface area contributed by atoms with Gasteiger partial charge in [-0.3, -0.25) is 0 Å². The van der Waals surface area contributed by atoms with E-state index in [2.05, 4.69) is 78.9 Å². The van der Waals surface area contributed by atoms with E-state index in [0.29, 0.717) is 11.9 Å². The number of nitrogens with zero attached hydrogens (tertiary/aromatic N) is 4. The van der Waals surface area contributed by atoms with Crippen LogP contribution in [0.25, 0.3) is 0 Å². The molecule has 0 saturated carbocycles. The number of likely N-dealkylation sites (N-methyl/N-ethyl adjacent to an activating group) is 1. The molecule has 1 fully saturated rings. The van der Waals surface area contributed by atoms with Crippen LogP contribution in [0.2, 0.25) is 0 Å². The zero-order chi connectivity index (χ0) is 22.8. The molecule has 0 spiro atoms. The van der Waals surface area contributed by atoms with Crippen LogP contribution in [0.1, 0.15) is 50.6 Å². The number of anilines is 1. The maximum atomic E-state index is 8.00. The summed E-state index contributed by atoms with van der Waals surface area (Å²) >= 11 is 0. The monoisotopic (exact) mass is 406 g/mol. The SMILES string of the molecule is C=O.C=O.CC.CC(C)c1noc(N2CCN(C)CC2)n1.Cc1ccc(C)cc1. The average Bonchev–Trinajstić information content (AvgIpc) is 3.26. The molecule has 0 amide bonds. The second kappa shape index (κ2) is 17.6. The first-order chi connectivity index (χ1) is 14.0. The minimum atomic E-state index is 0.329. The van der Waals surface area contributed by atoms with Crippen molar-refractivity contribution in [2.24, 2.45) is 0 Å². The van der Waals surface area contributed by atoms with Crippen molar-refractivity contribution in [2.45, 2.75) is 47.5 Å². The van der Waals surface area contributed by atoms with Gasteiger partial charge < -0.3 is 23.9 Å². The molecule has 0 aliphatic carbocycles. The van der Waals surface area contributed by atoms with Crippen LogP contribution in [0, 0.1) is 13.8 Å². The molecule has 2 heterocycles. The third-order valence-electron chi connectivity index (χ3n) is 3.94. The van der Waals surface area contributed by atoms with Crippen molar-refractivity contribution in [3.05, 3.63) is 41.2 Å². The fourth-order valence-electron chi connectivity index (χ4n) is 2.22. The number of aromatic nitrogens is 2. The minimum Gasteiger partial charge on any atom is -0.322 e. The van der Waals surface area contributed by atoms with Crippen LogP contribution in [0.3, 0.4) is 0 Å². The van der Waals surface area contributed by atoms with Gasteiger partial charge in [-0.2, -0.15) is 4.98 Å². The number of benzene rings is 1. The number of rotatable bonds is 2. The average molecular weight is 407 g/mol. The molecule has 164 valence electrons. The smallest absolute Gasteiger partial charge is 0.322 e. The first-order valence-electron chi connectivity index (χ1n) is 9.84. The zero-order valence-electron chi connectivity index (χ0n) is 19.1. The molecule has 0 radical (unpaired) electrons. The van der Waals surface area contributed by atoms with Crippen molar-refractivity contribution >= 4 is 19.6 Å². The van der Waals surface area contributed by atoms with Crippen molar-refractivity contribution in [1.29, 1.82) is 0 Å². The molecule has 3 rings (SSSR count). The lowest BCUT2D eigenvalue weighted by Gasteiger charge is -2.30. The molecule has 2 aromatic rings. The van der Waals surface area contributed by atoms with Gasteiger partial charge >= 0.3 is 6.01 Å². The summed E-state index contributed by atoms with van der Waals surface area (Å²) in [6.45, 7) is 20.4. The number of hydrogen-bond donors (Lipinski definition) is 0. The molecule has 7 nitrogen and oxygen atoms in total. The van der Waals surface area contributed by atoms with Crippen molar-refractivity contribution in [1.82, 2.24) is 15.0 Å². The molecule has 0 N–H and O–H groups in total. The molecule has 7 heteroatoms. The van der Waals surface area contributed by atoms with Crippen LogP contribution >= 0.6 is 0 Å². The van der Waals surface area contributed by atoms with Gasteiger partial charge in [0.2, 0.25) is 0 Å². The van der Waals surface area contributed by atoms with Crippen LogP contribution in [0.4, 0.5) is 6.01 Å². The predicted molar refractivity (Wildman–Crippen MR) is 120 cm³/mol. The molecular formula is C22H38N4O3. The Hall–Kier alpha value is -2.54. The maximum Gasteiger partial charge on any atom is 0.324 e. The molecule has 0 unspecified atom stereocenters. The fourth-order valence-corrected chi connectivity index (χ4v) is 2.22. The Balaban J connectivity index is 0. The molecule has 1 aromatic carbocycles. The molecule has 1 aromatic heterocycles. The van der Waals surface area contributed by atoms with E-state index < -0.39 is 0 Å². The van der Waals surface area contributed by atoms with Gasteiger partial charge in [0.25, 0.3) is 0 Å². The van der Waals surface area contributed by atoms with Gasteiger partial charge in [-0.15, -0.1) is 0 Å². The lowest BCUT2D eigenvalue weighted by molar-refractivity contribution is -0.0987. The second-order valence-electron chi connectivity index (χ2n) is 6.53. The van der Waals surface area contributed by atoms with Crippen molar-refractivity contribution in [2.75, 3.05) is 38.1 Å². The van der Waals surface area contributed by atoms with Crippen molar-refractivity contribution < 1.29 is 14.1 Å². The summed E-state index contributed by atoms with van der Waals surface area (Å²) in [5.41, 5.74) is 2.66. The van der Waals surface area contributed by atoms with Gasteiger partial charge in [-0.1, -0.05) is 68.2 Å². The molecule has 0 bridgehead atoms. The van der Waals surface area contributed by atoms with Crippen LogP contribution in [-0.2, 0) is 9.59 Å². The molecule has 29 heavy (non-hydrogen) atoms. The Bertz CT molecular complexity index is 598. The van der Waals surface area contributed by atoms with E-state index in [9.17, 15) is 0 Å². The van der Waals surface area contributed by atoms with E-state index >= 15 is 0 Å². The van der Waals surface area contributed by atoms with E-state index in [4.69, 9.17) is 14.1 Å². The van der Waals surface area contributed by atoms with Gasteiger partial charge in [0.15, 0.2) is 5.82 Å². The zero-order valence-corrected chi connectivity index (χ0v) is 19.1. The highest BCUT2D eigenvalue weighted by Crippen LogP contribution is 2.17. The first kappa shape index (κ1) is 28.7. The van der Waals surface area contributed by atoms with E-state index in [-0.39, 0.29) is 0 Å².